The summed E-state index contributed by atoms with van der Waals surface area (Å²) in [6.07, 6.45) is 4.05. The molecule has 140 valence electrons. The van der Waals surface area contributed by atoms with Gasteiger partial charge < -0.3 is 9.80 Å². The lowest BCUT2D eigenvalue weighted by Crippen LogP contribution is -2.48. The molecule has 6 nitrogen and oxygen atoms in total. The monoisotopic (exact) mass is 367 g/mol. The molecule has 7 heteroatoms. The van der Waals surface area contributed by atoms with Crippen molar-refractivity contribution in [2.24, 2.45) is 4.99 Å². The number of hydroxylamine groups is 1. The highest BCUT2D eigenvalue weighted by Crippen LogP contribution is 2.25. The highest BCUT2D eigenvalue weighted by Gasteiger charge is 2.19. The van der Waals surface area contributed by atoms with Crippen molar-refractivity contribution in [3.8, 4) is 0 Å². The number of aryl methyl sites for hydroxylation is 1. The van der Waals surface area contributed by atoms with Crippen molar-refractivity contribution < 1.29 is 5.21 Å². The van der Waals surface area contributed by atoms with Gasteiger partial charge in [0.1, 0.15) is 6.34 Å². The van der Waals surface area contributed by atoms with Gasteiger partial charge in [0.25, 0.3) is 0 Å². The van der Waals surface area contributed by atoms with Crippen LogP contribution in [0.25, 0.3) is 0 Å². The lowest BCUT2D eigenvalue weighted by atomic mass is 10.1. The van der Waals surface area contributed by atoms with E-state index in [0.717, 1.165) is 37.4 Å². The van der Waals surface area contributed by atoms with Gasteiger partial charge in [-0.2, -0.15) is 0 Å². The summed E-state index contributed by atoms with van der Waals surface area (Å²) in [5.74, 6) is 0. The van der Waals surface area contributed by atoms with Gasteiger partial charge in [0.15, 0.2) is 0 Å². The number of anilines is 1. The van der Waals surface area contributed by atoms with Crippen LogP contribution in [0.4, 0.5) is 11.4 Å². The predicted octanol–water partition coefficient (Wildman–Crippen LogP) is 2.27. The lowest BCUT2D eigenvalue weighted by molar-refractivity contribution is 0.215. The number of hydrogen-bond acceptors (Lipinski definition) is 5. The van der Waals surface area contributed by atoms with E-state index in [1.54, 1.807) is 0 Å². The van der Waals surface area contributed by atoms with Crippen molar-refractivity contribution in [3.05, 3.63) is 23.8 Å². The number of likely N-dealkylation sites (tertiary alicyclic amines) is 1. The molecule has 1 aromatic rings. The molecule has 2 N–H and O–H groups in total. The maximum atomic E-state index is 8.60. The van der Waals surface area contributed by atoms with E-state index in [4.69, 9.17) is 5.21 Å². The third kappa shape index (κ3) is 5.57. The molecular formula is C18H30ClN5O. The van der Waals surface area contributed by atoms with Gasteiger partial charge in [-0.05, 0) is 56.6 Å². The number of benzene rings is 1. The first kappa shape index (κ1) is 20.0. The average Bonchev–Trinajstić information content (AvgIpc) is 3.13. The molecule has 2 heterocycles. The van der Waals surface area contributed by atoms with Gasteiger partial charge in [-0.25, -0.2) is 4.99 Å². The van der Waals surface area contributed by atoms with E-state index in [1.807, 2.05) is 11.5 Å². The minimum absolute atomic E-state index is 0. The molecule has 0 aliphatic carbocycles. The van der Waals surface area contributed by atoms with Crippen LogP contribution in [0.5, 0.6) is 0 Å². The Bertz CT molecular complexity index is 554. The fourth-order valence-electron chi connectivity index (χ4n) is 3.60. The van der Waals surface area contributed by atoms with Crippen molar-refractivity contribution in [3.63, 3.8) is 0 Å². The smallest absolute Gasteiger partial charge is 0.113 e. The minimum Gasteiger partial charge on any atom is -0.369 e. The van der Waals surface area contributed by atoms with Gasteiger partial charge >= 0.3 is 0 Å². The zero-order chi connectivity index (χ0) is 16.8. The second-order valence-electron chi connectivity index (χ2n) is 6.74. The first-order chi connectivity index (χ1) is 11.8. The van der Waals surface area contributed by atoms with Crippen LogP contribution in [0.15, 0.2) is 23.2 Å². The van der Waals surface area contributed by atoms with Gasteiger partial charge in [-0.1, -0.05) is 0 Å². The molecule has 0 radical (unpaired) electrons. The Morgan fingerprint density at radius 3 is 2.28 bits per heavy atom. The summed E-state index contributed by atoms with van der Waals surface area (Å²) >= 11 is 0. The van der Waals surface area contributed by atoms with Crippen LogP contribution in [0.2, 0.25) is 0 Å². The molecule has 0 atom stereocenters. The molecule has 1 aromatic carbocycles. The number of halogens is 1. The van der Waals surface area contributed by atoms with E-state index in [-0.39, 0.29) is 12.4 Å². The predicted molar refractivity (Wildman–Crippen MR) is 106 cm³/mol. The third-order valence-corrected chi connectivity index (χ3v) is 5.11. The normalized spacial score (nSPS) is 19.4. The molecule has 25 heavy (non-hydrogen) atoms. The van der Waals surface area contributed by atoms with Gasteiger partial charge in [-0.3, -0.25) is 15.6 Å². The molecule has 2 aliphatic rings. The molecular weight excluding hydrogens is 338 g/mol. The van der Waals surface area contributed by atoms with Crippen molar-refractivity contribution in [1.82, 2.24) is 15.3 Å². The van der Waals surface area contributed by atoms with Crippen LogP contribution in [0, 0.1) is 6.92 Å². The highest BCUT2D eigenvalue weighted by molar-refractivity contribution is 5.85. The molecule has 0 amide bonds. The number of hydrogen-bond donors (Lipinski definition) is 2. The van der Waals surface area contributed by atoms with Crippen LogP contribution in [-0.4, -0.2) is 73.7 Å². The number of nitrogens with zero attached hydrogens (tertiary/aromatic N) is 4. The van der Waals surface area contributed by atoms with Gasteiger partial charge in [0.05, 0.1) is 5.69 Å². The van der Waals surface area contributed by atoms with Crippen molar-refractivity contribution in [2.75, 3.05) is 57.3 Å². The summed E-state index contributed by atoms with van der Waals surface area (Å²) in [5, 5.41) is 8.60. The van der Waals surface area contributed by atoms with Crippen LogP contribution >= 0.6 is 12.4 Å². The topological polar surface area (TPSA) is 54.3 Å². The van der Waals surface area contributed by atoms with Gasteiger partial charge in [-0.15, -0.1) is 12.4 Å². The van der Waals surface area contributed by atoms with Crippen molar-refractivity contribution >= 4 is 30.1 Å². The Morgan fingerprint density at radius 1 is 1.04 bits per heavy atom. The van der Waals surface area contributed by atoms with Crippen LogP contribution in [0.1, 0.15) is 18.4 Å². The molecule has 0 spiro atoms. The van der Waals surface area contributed by atoms with E-state index in [9.17, 15) is 0 Å². The lowest BCUT2D eigenvalue weighted by Gasteiger charge is -2.37. The third-order valence-electron chi connectivity index (χ3n) is 5.11. The first-order valence-electron chi connectivity index (χ1n) is 8.99. The molecule has 0 unspecified atom stereocenters. The average molecular weight is 368 g/mol. The second-order valence-corrected chi connectivity index (χ2v) is 6.74. The Kier molecular flexibility index (Phi) is 7.96. The molecule has 0 saturated carbocycles. The zero-order valence-corrected chi connectivity index (χ0v) is 15.8. The first-order valence-corrected chi connectivity index (χ1v) is 8.99. The SMILES string of the molecule is Cc1cc(N2CCN(CCN3CCCC3)CC2)ccc1N=CNO.Cl. The summed E-state index contributed by atoms with van der Waals surface area (Å²) in [7, 11) is 0. The number of aliphatic imine (C=N–C) groups is 1. The number of piperazine rings is 1. The number of nitrogens with one attached hydrogen (secondary N) is 1. The Morgan fingerprint density at radius 2 is 1.68 bits per heavy atom. The van der Waals surface area contributed by atoms with Gasteiger partial charge in [0.2, 0.25) is 0 Å². The summed E-state index contributed by atoms with van der Waals surface area (Å²) in [5.41, 5.74) is 5.21. The maximum absolute atomic E-state index is 8.60. The molecule has 2 aliphatic heterocycles. The van der Waals surface area contributed by atoms with E-state index in [1.165, 1.54) is 51.0 Å². The fraction of sp³-hybridized carbons (Fsp3) is 0.611. The van der Waals surface area contributed by atoms with E-state index in [2.05, 4.69) is 38.7 Å². The largest absolute Gasteiger partial charge is 0.369 e. The number of rotatable bonds is 6. The highest BCUT2D eigenvalue weighted by atomic mass is 35.5. The minimum atomic E-state index is 0. The van der Waals surface area contributed by atoms with E-state index < -0.39 is 0 Å². The second kappa shape index (κ2) is 9.97. The maximum Gasteiger partial charge on any atom is 0.113 e. The molecule has 2 saturated heterocycles. The standard InChI is InChI=1S/C18H29N5O.ClH/c1-16-14-17(4-5-18(16)19-15-20-24)23-12-10-22(11-13-23)9-8-21-6-2-3-7-21;/h4-5,14-15,24H,2-3,6-13H2,1H3,(H,19,20);1H. The van der Waals surface area contributed by atoms with Gasteiger partial charge in [0, 0.05) is 45.0 Å². The zero-order valence-electron chi connectivity index (χ0n) is 15.0. The van der Waals surface area contributed by atoms with Crippen LogP contribution in [-0.2, 0) is 0 Å². The molecule has 0 bridgehead atoms. The van der Waals surface area contributed by atoms with E-state index >= 15 is 0 Å². The summed E-state index contributed by atoms with van der Waals surface area (Å²) in [6.45, 7) is 11.5. The van der Waals surface area contributed by atoms with Crippen molar-refractivity contribution in [2.45, 2.75) is 19.8 Å². The molecule has 3 rings (SSSR count). The summed E-state index contributed by atoms with van der Waals surface area (Å²) < 4.78 is 0. The fourth-order valence-corrected chi connectivity index (χ4v) is 3.60. The summed E-state index contributed by atoms with van der Waals surface area (Å²) in [6, 6.07) is 6.32. The quantitative estimate of drug-likeness (QED) is 0.459. The Balaban J connectivity index is 0.00000225. The molecule has 2 fully saturated rings. The van der Waals surface area contributed by atoms with Crippen LogP contribution < -0.4 is 10.4 Å². The van der Waals surface area contributed by atoms with Crippen LogP contribution in [0.3, 0.4) is 0 Å². The van der Waals surface area contributed by atoms with E-state index in [0.29, 0.717) is 0 Å². The van der Waals surface area contributed by atoms with Crippen molar-refractivity contribution in [1.29, 1.82) is 0 Å². The Labute approximate surface area is 156 Å². The summed E-state index contributed by atoms with van der Waals surface area (Å²) in [4.78, 5) is 11.8. The molecule has 0 aromatic heterocycles. The Hall–Kier alpha value is -1.34.